The van der Waals surface area contributed by atoms with Gasteiger partial charge >= 0.3 is 12.1 Å². The molecule has 1 unspecified atom stereocenters. The Morgan fingerprint density at radius 1 is 1.06 bits per heavy atom. The zero-order valence-corrected chi connectivity index (χ0v) is 22.5. The second-order valence-electron chi connectivity index (χ2n) is 11.3. The Labute approximate surface area is 198 Å². The van der Waals surface area contributed by atoms with E-state index in [0.29, 0.717) is 18.5 Å². The molecule has 1 aliphatic rings. The second-order valence-corrected chi connectivity index (χ2v) is 16.4. The van der Waals surface area contributed by atoms with Crippen LogP contribution in [-0.4, -0.2) is 48.7 Å². The quantitative estimate of drug-likeness (QED) is 0.391. The summed E-state index contributed by atoms with van der Waals surface area (Å²) in [6.07, 6.45) is 4.20. The van der Waals surface area contributed by atoms with Crippen molar-refractivity contribution in [3.05, 3.63) is 47.7 Å². The van der Waals surface area contributed by atoms with Gasteiger partial charge in [-0.05, 0) is 38.3 Å². The Hall–Kier alpha value is -2.54. The highest BCUT2D eigenvalue weighted by molar-refractivity contribution is 6.79. The van der Waals surface area contributed by atoms with Crippen molar-refractivity contribution >= 4 is 31.2 Å². The van der Waals surface area contributed by atoms with E-state index in [1.165, 1.54) is 7.11 Å². The molecule has 0 N–H and O–H groups in total. The molecule has 2 heterocycles. The van der Waals surface area contributed by atoms with Crippen molar-refractivity contribution in [3.8, 4) is 0 Å². The number of ether oxygens (including phenoxy) is 2. The topological polar surface area (TPSA) is 60.8 Å². The first-order chi connectivity index (χ1) is 15.2. The van der Waals surface area contributed by atoms with Gasteiger partial charge in [-0.2, -0.15) is 0 Å². The molecule has 0 saturated carbocycles. The second kappa shape index (κ2) is 8.67. The first kappa shape index (κ1) is 25.1. The Morgan fingerprint density at radius 3 is 2.27 bits per heavy atom. The fourth-order valence-corrected chi connectivity index (χ4v) is 6.16. The Balaban J connectivity index is 2.26. The number of aromatic nitrogens is 1. The molecule has 1 aromatic heterocycles. The number of carbonyl (C=O) groups is 2. The lowest BCUT2D eigenvalue weighted by molar-refractivity contribution is -0.137. The van der Waals surface area contributed by atoms with Gasteiger partial charge in [0.1, 0.15) is 5.60 Å². The van der Waals surface area contributed by atoms with Gasteiger partial charge in [-0.1, -0.05) is 58.1 Å². The maximum atomic E-state index is 13.3. The van der Waals surface area contributed by atoms with E-state index >= 15 is 0 Å². The van der Waals surface area contributed by atoms with Gasteiger partial charge in [-0.15, -0.1) is 0 Å². The predicted molar refractivity (Wildman–Crippen MR) is 135 cm³/mol. The van der Waals surface area contributed by atoms with E-state index in [2.05, 4.69) is 56.4 Å². The van der Waals surface area contributed by atoms with Crippen LogP contribution in [0.5, 0.6) is 0 Å². The molecule has 7 heteroatoms. The van der Waals surface area contributed by atoms with Crippen LogP contribution < -0.4 is 0 Å². The molecular formula is C26H38N2O4Si. The van der Waals surface area contributed by atoms with Gasteiger partial charge in [0.25, 0.3) is 0 Å². The van der Waals surface area contributed by atoms with E-state index in [-0.39, 0.29) is 5.04 Å². The predicted octanol–water partition coefficient (Wildman–Crippen LogP) is 6.28. The average Bonchev–Trinajstić information content (AvgIpc) is 3.10. The van der Waals surface area contributed by atoms with E-state index in [9.17, 15) is 9.59 Å². The van der Waals surface area contributed by atoms with Gasteiger partial charge in [0, 0.05) is 29.2 Å². The van der Waals surface area contributed by atoms with Crippen LogP contribution in [0.3, 0.4) is 0 Å². The summed E-state index contributed by atoms with van der Waals surface area (Å²) in [5.74, 6) is -0.419. The van der Waals surface area contributed by atoms with Crippen LogP contribution in [0.15, 0.2) is 42.1 Å². The summed E-state index contributed by atoms with van der Waals surface area (Å²) >= 11 is 0. The molecule has 0 bridgehead atoms. The Kier molecular flexibility index (Phi) is 6.59. The zero-order chi connectivity index (χ0) is 24.8. The first-order valence-electron chi connectivity index (χ1n) is 11.6. The molecule has 3 rings (SSSR count). The molecule has 2 aromatic rings. The average molecular weight is 471 g/mol. The number of esters is 1. The van der Waals surface area contributed by atoms with Crippen LogP contribution in [-0.2, 0) is 14.3 Å². The molecule has 0 radical (unpaired) electrons. The van der Waals surface area contributed by atoms with Crippen molar-refractivity contribution in [2.45, 2.75) is 77.7 Å². The zero-order valence-electron chi connectivity index (χ0n) is 21.5. The van der Waals surface area contributed by atoms with Gasteiger partial charge in [0.2, 0.25) is 0 Å². The third-order valence-corrected chi connectivity index (χ3v) is 12.1. The number of amides is 1. The first-order valence-corrected chi connectivity index (χ1v) is 14.5. The van der Waals surface area contributed by atoms with Crippen molar-refractivity contribution in [1.29, 1.82) is 0 Å². The molecular weight excluding hydrogens is 432 g/mol. The summed E-state index contributed by atoms with van der Waals surface area (Å²) in [6.45, 7) is 17.6. The molecule has 33 heavy (non-hydrogen) atoms. The van der Waals surface area contributed by atoms with Crippen molar-refractivity contribution in [3.63, 3.8) is 0 Å². The molecule has 0 fully saturated rings. The fraction of sp³-hybridized carbons (Fsp3) is 0.538. The summed E-state index contributed by atoms with van der Waals surface area (Å²) < 4.78 is 13.3. The van der Waals surface area contributed by atoms with Gasteiger partial charge < -0.3 is 13.7 Å². The molecule has 0 saturated heterocycles. The van der Waals surface area contributed by atoms with Gasteiger partial charge in [-0.25, -0.2) is 9.59 Å². The third-order valence-electron chi connectivity index (χ3n) is 6.86. The van der Waals surface area contributed by atoms with Crippen LogP contribution in [0.25, 0.3) is 10.9 Å². The minimum Gasteiger partial charge on any atom is -0.466 e. The molecule has 180 valence electrons. The van der Waals surface area contributed by atoms with Gasteiger partial charge in [0.15, 0.2) is 8.24 Å². The Bertz CT molecular complexity index is 1090. The largest absolute Gasteiger partial charge is 0.466 e. The van der Waals surface area contributed by atoms with Crippen LogP contribution in [0.2, 0.25) is 18.1 Å². The minimum atomic E-state index is -1.99. The summed E-state index contributed by atoms with van der Waals surface area (Å²) in [5, 5.41) is 1.14. The van der Waals surface area contributed by atoms with E-state index in [1.807, 2.05) is 39.0 Å². The molecule has 0 spiro atoms. The highest BCUT2D eigenvalue weighted by atomic mass is 28.3. The van der Waals surface area contributed by atoms with Crippen molar-refractivity contribution in [2.24, 2.45) is 0 Å². The number of hydrogen-bond donors (Lipinski definition) is 0. The lowest BCUT2D eigenvalue weighted by Gasteiger charge is -2.39. The number of benzene rings is 1. The number of carbonyl (C=O) groups excluding carboxylic acids is 2. The summed E-state index contributed by atoms with van der Waals surface area (Å²) in [7, 11) is -0.606. The molecule has 6 nitrogen and oxygen atoms in total. The minimum absolute atomic E-state index is 0.102. The van der Waals surface area contributed by atoms with E-state index in [0.717, 1.165) is 16.5 Å². The molecule has 1 amide bonds. The number of nitrogens with zero attached hydrogens (tertiary/aromatic N) is 2. The Morgan fingerprint density at radius 2 is 1.70 bits per heavy atom. The lowest BCUT2D eigenvalue weighted by Crippen LogP contribution is -2.45. The van der Waals surface area contributed by atoms with Crippen LogP contribution in [0.4, 0.5) is 4.79 Å². The van der Waals surface area contributed by atoms with Crippen molar-refractivity contribution < 1.29 is 19.1 Å². The monoisotopic (exact) mass is 470 g/mol. The lowest BCUT2D eigenvalue weighted by atomic mass is 9.93. The number of rotatable bonds is 3. The normalized spacial score (nSPS) is 17.7. The van der Waals surface area contributed by atoms with Crippen LogP contribution >= 0.6 is 0 Å². The van der Waals surface area contributed by atoms with Crippen LogP contribution in [0, 0.1) is 0 Å². The third kappa shape index (κ3) is 4.74. The highest BCUT2D eigenvalue weighted by Gasteiger charge is 2.42. The standard InChI is InChI=1S/C26H38N2O4Si/c1-25(2,3)32-24(30)27-16-12-14-19(23(29)31-7)22(27)20-17-28(33(8,9)26(4,5)6)21-15-11-10-13-18(20)21/h10-11,13-15,17,22H,12,16H2,1-9H3. The van der Waals surface area contributed by atoms with Crippen molar-refractivity contribution in [2.75, 3.05) is 13.7 Å². The number of methoxy groups -OCH3 is 1. The van der Waals surface area contributed by atoms with Gasteiger partial charge in [-0.3, -0.25) is 4.90 Å². The number of para-hydroxylation sites is 1. The smallest absolute Gasteiger partial charge is 0.411 e. The number of fused-ring (bicyclic) bond motifs is 1. The fourth-order valence-electron chi connectivity index (χ4n) is 4.18. The van der Waals surface area contributed by atoms with E-state index in [1.54, 1.807) is 4.90 Å². The highest BCUT2D eigenvalue weighted by Crippen LogP contribution is 2.43. The maximum absolute atomic E-state index is 13.3. The molecule has 1 atom stereocenters. The SMILES string of the molecule is COC(=O)C1=CCCN(C(=O)OC(C)(C)C)C1c1cn([Si](C)(C)C(C)(C)C)c2ccccc12. The molecule has 1 aromatic carbocycles. The van der Waals surface area contributed by atoms with Gasteiger partial charge in [0.05, 0.1) is 18.7 Å². The van der Waals surface area contributed by atoms with E-state index < -0.39 is 31.9 Å². The maximum Gasteiger partial charge on any atom is 0.411 e. The molecule has 1 aliphatic heterocycles. The van der Waals surface area contributed by atoms with Crippen molar-refractivity contribution in [1.82, 2.24) is 9.13 Å². The molecule has 0 aliphatic carbocycles. The van der Waals surface area contributed by atoms with Crippen LogP contribution in [0.1, 0.15) is 59.6 Å². The van der Waals surface area contributed by atoms with E-state index in [4.69, 9.17) is 9.47 Å². The summed E-state index contributed by atoms with van der Waals surface area (Å²) in [5.41, 5.74) is 1.90. The summed E-state index contributed by atoms with van der Waals surface area (Å²) in [6, 6.07) is 7.67. The summed E-state index contributed by atoms with van der Waals surface area (Å²) in [4.78, 5) is 27.8. The number of hydrogen-bond acceptors (Lipinski definition) is 4.